The SMILES string of the molecule is Cn1cnc(CCNc2ncc([N+](=O)[O-])cn2)n1. The van der Waals surface area contributed by atoms with Crippen LogP contribution >= 0.6 is 0 Å². The Morgan fingerprint density at radius 3 is 2.67 bits per heavy atom. The number of aromatic nitrogens is 5. The molecule has 2 rings (SSSR count). The highest BCUT2D eigenvalue weighted by Gasteiger charge is 2.06. The van der Waals surface area contributed by atoms with Gasteiger partial charge in [0.05, 0.1) is 4.92 Å². The van der Waals surface area contributed by atoms with E-state index in [1.165, 1.54) is 0 Å². The second-order valence-electron chi connectivity index (χ2n) is 3.53. The molecule has 0 aliphatic carbocycles. The quantitative estimate of drug-likeness (QED) is 0.593. The molecule has 1 N–H and O–H groups in total. The highest BCUT2D eigenvalue weighted by molar-refractivity contribution is 5.30. The standard InChI is InChI=1S/C9H11N7O2/c1-15-6-13-8(14-15)2-3-10-9-11-4-7(5-12-9)16(17)18/h4-6H,2-3H2,1H3,(H,10,11,12). The topological polar surface area (TPSA) is 112 Å². The van der Waals surface area contributed by atoms with Crippen LogP contribution in [0.3, 0.4) is 0 Å². The van der Waals surface area contributed by atoms with Crippen molar-refractivity contribution in [1.82, 2.24) is 24.7 Å². The minimum Gasteiger partial charge on any atom is -0.354 e. The Kier molecular flexibility index (Phi) is 3.41. The Balaban J connectivity index is 1.85. The Morgan fingerprint density at radius 1 is 1.39 bits per heavy atom. The van der Waals surface area contributed by atoms with Gasteiger partial charge in [-0.25, -0.2) is 15.0 Å². The van der Waals surface area contributed by atoms with E-state index < -0.39 is 4.92 Å². The summed E-state index contributed by atoms with van der Waals surface area (Å²) in [7, 11) is 1.80. The molecule has 2 aromatic heterocycles. The van der Waals surface area contributed by atoms with Crippen molar-refractivity contribution in [2.24, 2.45) is 7.05 Å². The van der Waals surface area contributed by atoms with Gasteiger partial charge in [-0.1, -0.05) is 0 Å². The molecule has 0 aliphatic heterocycles. The average Bonchev–Trinajstić information content (AvgIpc) is 2.76. The van der Waals surface area contributed by atoms with Gasteiger partial charge in [-0.15, -0.1) is 0 Å². The molecule has 94 valence electrons. The van der Waals surface area contributed by atoms with Crippen molar-refractivity contribution >= 4 is 11.6 Å². The molecule has 0 fully saturated rings. The Morgan fingerprint density at radius 2 is 2.11 bits per heavy atom. The molecule has 9 nitrogen and oxygen atoms in total. The molecule has 0 aliphatic rings. The highest BCUT2D eigenvalue weighted by Crippen LogP contribution is 2.07. The van der Waals surface area contributed by atoms with Gasteiger partial charge in [0.15, 0.2) is 5.82 Å². The first kappa shape index (κ1) is 11.9. The van der Waals surface area contributed by atoms with E-state index in [1.807, 2.05) is 0 Å². The molecule has 0 saturated carbocycles. The molecule has 0 saturated heterocycles. The summed E-state index contributed by atoms with van der Waals surface area (Å²) in [6.45, 7) is 0.557. The molecule has 2 aromatic rings. The van der Waals surface area contributed by atoms with Gasteiger partial charge in [0.1, 0.15) is 18.7 Å². The first-order chi connectivity index (χ1) is 8.65. The lowest BCUT2D eigenvalue weighted by atomic mass is 10.4. The predicted molar refractivity (Wildman–Crippen MR) is 61.9 cm³/mol. The van der Waals surface area contributed by atoms with Crippen LogP contribution in [0.4, 0.5) is 11.6 Å². The van der Waals surface area contributed by atoms with Crippen LogP contribution in [-0.2, 0) is 13.5 Å². The molecular formula is C9H11N7O2. The molecule has 2 heterocycles. The molecular weight excluding hydrogens is 238 g/mol. The number of nitrogens with zero attached hydrogens (tertiary/aromatic N) is 6. The third-order valence-electron chi connectivity index (χ3n) is 2.13. The summed E-state index contributed by atoms with van der Waals surface area (Å²) in [6, 6.07) is 0. The summed E-state index contributed by atoms with van der Waals surface area (Å²) in [5.41, 5.74) is -0.132. The van der Waals surface area contributed by atoms with Crippen LogP contribution in [-0.4, -0.2) is 36.2 Å². The monoisotopic (exact) mass is 249 g/mol. The summed E-state index contributed by atoms with van der Waals surface area (Å²) < 4.78 is 1.62. The minimum absolute atomic E-state index is 0.132. The maximum absolute atomic E-state index is 10.4. The van der Waals surface area contributed by atoms with Crippen LogP contribution in [0, 0.1) is 10.1 Å². The normalized spacial score (nSPS) is 10.3. The zero-order valence-corrected chi connectivity index (χ0v) is 9.65. The fraction of sp³-hybridized carbons (Fsp3) is 0.333. The van der Waals surface area contributed by atoms with E-state index in [1.54, 1.807) is 18.1 Å². The van der Waals surface area contributed by atoms with Crippen molar-refractivity contribution in [1.29, 1.82) is 0 Å². The zero-order valence-electron chi connectivity index (χ0n) is 9.65. The van der Waals surface area contributed by atoms with Crippen molar-refractivity contribution < 1.29 is 4.92 Å². The van der Waals surface area contributed by atoms with Crippen molar-refractivity contribution in [3.8, 4) is 0 Å². The molecule has 0 unspecified atom stereocenters. The lowest BCUT2D eigenvalue weighted by Gasteiger charge is -2.01. The zero-order chi connectivity index (χ0) is 13.0. The van der Waals surface area contributed by atoms with Gasteiger partial charge in [-0.3, -0.25) is 14.8 Å². The van der Waals surface area contributed by atoms with Gasteiger partial charge in [-0.05, 0) is 0 Å². The van der Waals surface area contributed by atoms with Crippen LogP contribution in [0.15, 0.2) is 18.7 Å². The Bertz CT molecular complexity index is 536. The minimum atomic E-state index is -0.540. The number of rotatable bonds is 5. The van der Waals surface area contributed by atoms with Gasteiger partial charge in [-0.2, -0.15) is 5.10 Å². The molecule has 0 aromatic carbocycles. The molecule has 18 heavy (non-hydrogen) atoms. The fourth-order valence-electron chi connectivity index (χ4n) is 1.29. The predicted octanol–water partition coefficient (Wildman–Crippen LogP) is 0.168. The average molecular weight is 249 g/mol. The van der Waals surface area contributed by atoms with Crippen LogP contribution in [0.25, 0.3) is 0 Å². The highest BCUT2D eigenvalue weighted by atomic mass is 16.6. The lowest BCUT2D eigenvalue weighted by Crippen LogP contribution is -2.09. The van der Waals surface area contributed by atoms with Crippen molar-refractivity contribution in [2.45, 2.75) is 6.42 Å². The fourth-order valence-corrected chi connectivity index (χ4v) is 1.29. The number of nitro groups is 1. The van der Waals surface area contributed by atoms with Gasteiger partial charge in [0.2, 0.25) is 5.95 Å². The summed E-state index contributed by atoms with van der Waals surface area (Å²) in [5.74, 6) is 1.06. The maximum Gasteiger partial charge on any atom is 0.305 e. The van der Waals surface area contributed by atoms with E-state index in [0.717, 1.165) is 12.4 Å². The number of hydrogen-bond acceptors (Lipinski definition) is 7. The van der Waals surface area contributed by atoms with Crippen LogP contribution in [0.1, 0.15) is 5.82 Å². The molecule has 0 radical (unpaired) electrons. The second-order valence-corrected chi connectivity index (χ2v) is 3.53. The van der Waals surface area contributed by atoms with Crippen molar-refractivity contribution in [3.63, 3.8) is 0 Å². The van der Waals surface area contributed by atoms with Crippen molar-refractivity contribution in [3.05, 3.63) is 34.7 Å². The molecule has 0 amide bonds. The maximum atomic E-state index is 10.4. The third-order valence-corrected chi connectivity index (χ3v) is 2.13. The second kappa shape index (κ2) is 5.17. The first-order valence-corrected chi connectivity index (χ1v) is 5.20. The van der Waals surface area contributed by atoms with Gasteiger partial charge < -0.3 is 5.32 Å². The van der Waals surface area contributed by atoms with Gasteiger partial charge in [0.25, 0.3) is 0 Å². The van der Waals surface area contributed by atoms with Crippen molar-refractivity contribution in [2.75, 3.05) is 11.9 Å². The van der Waals surface area contributed by atoms with E-state index in [9.17, 15) is 10.1 Å². The van der Waals surface area contributed by atoms with Gasteiger partial charge >= 0.3 is 5.69 Å². The summed E-state index contributed by atoms with van der Waals surface area (Å²) in [6.07, 6.45) is 4.57. The molecule has 9 heteroatoms. The lowest BCUT2D eigenvalue weighted by molar-refractivity contribution is -0.385. The molecule has 0 bridgehead atoms. The van der Waals surface area contributed by atoms with Crippen LogP contribution < -0.4 is 5.32 Å². The molecule has 0 spiro atoms. The largest absolute Gasteiger partial charge is 0.354 e. The van der Waals surface area contributed by atoms with Gasteiger partial charge in [0, 0.05) is 20.0 Å². The Labute approximate surface area is 102 Å². The summed E-state index contributed by atoms with van der Waals surface area (Å²) in [4.78, 5) is 21.6. The number of anilines is 1. The first-order valence-electron chi connectivity index (χ1n) is 5.20. The van der Waals surface area contributed by atoms with E-state index in [-0.39, 0.29) is 5.69 Å². The Hall–Kier alpha value is -2.58. The van der Waals surface area contributed by atoms with Crippen LogP contribution in [0.5, 0.6) is 0 Å². The third kappa shape index (κ3) is 2.97. The summed E-state index contributed by atoms with van der Waals surface area (Å²) >= 11 is 0. The number of nitrogens with one attached hydrogen (secondary N) is 1. The summed E-state index contributed by atoms with van der Waals surface area (Å²) in [5, 5.41) is 17.4. The van der Waals surface area contributed by atoms with E-state index in [4.69, 9.17) is 0 Å². The van der Waals surface area contributed by atoms with E-state index >= 15 is 0 Å². The number of aryl methyl sites for hydroxylation is 1. The molecule has 0 atom stereocenters. The van der Waals surface area contributed by atoms with Crippen LogP contribution in [0.2, 0.25) is 0 Å². The van der Waals surface area contributed by atoms with E-state index in [0.29, 0.717) is 24.7 Å². The van der Waals surface area contributed by atoms with E-state index in [2.05, 4.69) is 25.4 Å². The smallest absolute Gasteiger partial charge is 0.305 e. The number of hydrogen-bond donors (Lipinski definition) is 1.